The lowest BCUT2D eigenvalue weighted by Crippen LogP contribution is -2.41. The summed E-state index contributed by atoms with van der Waals surface area (Å²) >= 11 is 0. The fraction of sp³-hybridized carbons (Fsp3) is 0.483. The van der Waals surface area contributed by atoms with Gasteiger partial charge in [-0.25, -0.2) is 4.68 Å². The summed E-state index contributed by atoms with van der Waals surface area (Å²) in [4.78, 5) is 18.6. The molecule has 1 saturated heterocycles. The molecular weight excluding hydrogens is 434 g/mol. The number of carbonyl (C=O) groups excluding carboxylic acids is 1. The Hall–Kier alpha value is -3.15. The number of aromatic nitrogens is 2. The molecule has 0 unspecified atom stereocenters. The molecule has 0 spiro atoms. The molecule has 0 aliphatic carbocycles. The number of benzene rings is 1. The zero-order valence-electron chi connectivity index (χ0n) is 21.8. The van der Waals surface area contributed by atoms with Crippen LogP contribution in [0, 0.1) is 18.3 Å². The van der Waals surface area contributed by atoms with Crippen molar-refractivity contribution in [1.29, 1.82) is 5.41 Å². The fourth-order valence-corrected chi connectivity index (χ4v) is 5.61. The number of carbonyl (C=O) groups is 1. The Morgan fingerprint density at radius 1 is 1.20 bits per heavy atom. The Kier molecular flexibility index (Phi) is 7.29. The fourth-order valence-electron chi connectivity index (χ4n) is 5.61. The van der Waals surface area contributed by atoms with Crippen molar-refractivity contribution in [3.05, 3.63) is 52.6 Å². The molecule has 0 saturated carbocycles. The van der Waals surface area contributed by atoms with E-state index in [-0.39, 0.29) is 5.92 Å². The number of pyridine rings is 1. The van der Waals surface area contributed by atoms with E-state index in [2.05, 4.69) is 67.6 Å². The lowest BCUT2D eigenvalue weighted by Gasteiger charge is -2.34. The third-order valence-electron chi connectivity index (χ3n) is 7.73. The molecular formula is C29H39N5O. The highest BCUT2D eigenvalue weighted by Crippen LogP contribution is 2.38. The highest BCUT2D eigenvalue weighted by molar-refractivity contribution is 5.92. The van der Waals surface area contributed by atoms with Crippen molar-refractivity contribution < 1.29 is 4.79 Å². The number of rotatable bonds is 7. The van der Waals surface area contributed by atoms with Crippen LogP contribution >= 0.6 is 0 Å². The van der Waals surface area contributed by atoms with E-state index in [9.17, 15) is 4.79 Å². The van der Waals surface area contributed by atoms with Crippen molar-refractivity contribution >= 4 is 23.5 Å². The second-order valence-electron chi connectivity index (χ2n) is 10.2. The van der Waals surface area contributed by atoms with Gasteiger partial charge in [0.05, 0.1) is 5.69 Å². The van der Waals surface area contributed by atoms with E-state index in [1.807, 2.05) is 19.2 Å². The molecule has 0 radical (unpaired) electrons. The Morgan fingerprint density at radius 2 is 1.89 bits per heavy atom. The van der Waals surface area contributed by atoms with Crippen LogP contribution in [0.1, 0.15) is 81.9 Å². The zero-order valence-corrected chi connectivity index (χ0v) is 21.8. The number of likely N-dealkylation sites (tertiary alicyclic amines) is 1. The van der Waals surface area contributed by atoms with Gasteiger partial charge in [-0.15, -0.1) is 0 Å². The molecule has 3 aromatic rings. The van der Waals surface area contributed by atoms with Gasteiger partial charge in [-0.05, 0) is 79.3 Å². The molecule has 4 rings (SSSR count). The molecule has 2 aromatic heterocycles. The number of aromatic amines is 1. The minimum Gasteiger partial charge on any atom is -0.354 e. The molecule has 1 aliphatic heterocycles. The summed E-state index contributed by atoms with van der Waals surface area (Å²) in [6.07, 6.45) is 5.76. The number of hydrogen-bond acceptors (Lipinski definition) is 3. The topological polar surface area (TPSA) is 77.2 Å². The third-order valence-corrected chi connectivity index (χ3v) is 7.73. The third kappa shape index (κ3) is 4.71. The Bertz CT molecular complexity index is 1290. The molecule has 1 aliphatic rings. The Labute approximate surface area is 208 Å². The maximum absolute atomic E-state index is 12.8. The average molecular weight is 474 g/mol. The van der Waals surface area contributed by atoms with E-state index in [1.54, 1.807) is 0 Å². The zero-order chi connectivity index (χ0) is 25.3. The first-order valence-corrected chi connectivity index (χ1v) is 13.0. The van der Waals surface area contributed by atoms with Gasteiger partial charge in [-0.3, -0.25) is 10.2 Å². The monoisotopic (exact) mass is 473 g/mol. The van der Waals surface area contributed by atoms with E-state index in [1.165, 1.54) is 21.2 Å². The van der Waals surface area contributed by atoms with Crippen molar-refractivity contribution in [2.24, 2.45) is 11.0 Å². The average Bonchev–Trinajstić information content (AvgIpc) is 3.25. The predicted octanol–water partition coefficient (Wildman–Crippen LogP) is 6.15. The van der Waals surface area contributed by atoms with Gasteiger partial charge in [0, 0.05) is 48.4 Å². The van der Waals surface area contributed by atoms with Gasteiger partial charge in [0.25, 0.3) is 0 Å². The molecule has 0 atom stereocenters. The summed E-state index contributed by atoms with van der Waals surface area (Å²) in [5, 5.41) is 13.5. The summed E-state index contributed by atoms with van der Waals surface area (Å²) in [5.41, 5.74) is 7.08. The van der Waals surface area contributed by atoms with Gasteiger partial charge in [0.1, 0.15) is 5.49 Å². The first kappa shape index (κ1) is 25.0. The van der Waals surface area contributed by atoms with Crippen LogP contribution < -0.4 is 5.49 Å². The van der Waals surface area contributed by atoms with Gasteiger partial charge >= 0.3 is 0 Å². The highest BCUT2D eigenvalue weighted by atomic mass is 16.2. The predicted molar refractivity (Wildman–Crippen MR) is 144 cm³/mol. The summed E-state index contributed by atoms with van der Waals surface area (Å²) in [7, 11) is 0. The van der Waals surface area contributed by atoms with Gasteiger partial charge in [0.2, 0.25) is 5.91 Å². The maximum Gasteiger partial charge on any atom is 0.225 e. The van der Waals surface area contributed by atoms with Crippen LogP contribution in [-0.4, -0.2) is 40.3 Å². The van der Waals surface area contributed by atoms with Crippen molar-refractivity contribution in [2.75, 3.05) is 13.1 Å². The van der Waals surface area contributed by atoms with Crippen LogP contribution in [0.15, 0.2) is 35.6 Å². The molecule has 1 fully saturated rings. The number of nitrogens with zero attached hydrogens (tertiary/aromatic N) is 3. The quantitative estimate of drug-likeness (QED) is 0.397. The largest absolute Gasteiger partial charge is 0.354 e. The number of aryl methyl sites for hydroxylation is 1. The summed E-state index contributed by atoms with van der Waals surface area (Å²) in [6.45, 7) is 15.9. The smallest absolute Gasteiger partial charge is 0.225 e. The Morgan fingerprint density at radius 3 is 2.49 bits per heavy atom. The van der Waals surface area contributed by atoms with Crippen LogP contribution in [0.2, 0.25) is 0 Å². The molecule has 2 N–H and O–H groups in total. The SMILES string of the molecule is C=Nn1cc(-c2[nH]c3ccc(C4CCN(C(=O)C(CC)CC)CC4)cc3c2C(C)C)cc(C)c1=N. The van der Waals surface area contributed by atoms with Crippen LogP contribution in [0.25, 0.3) is 22.2 Å². The molecule has 1 amide bonds. The van der Waals surface area contributed by atoms with Gasteiger partial charge in [0.15, 0.2) is 0 Å². The Balaban J connectivity index is 1.66. The number of amides is 1. The number of piperidine rings is 1. The van der Waals surface area contributed by atoms with E-state index in [0.29, 0.717) is 23.2 Å². The summed E-state index contributed by atoms with van der Waals surface area (Å²) < 4.78 is 1.53. The van der Waals surface area contributed by atoms with E-state index >= 15 is 0 Å². The van der Waals surface area contributed by atoms with Crippen LogP contribution in [-0.2, 0) is 4.79 Å². The summed E-state index contributed by atoms with van der Waals surface area (Å²) in [5.74, 6) is 1.30. The lowest BCUT2D eigenvalue weighted by molar-refractivity contribution is -0.136. The first-order valence-electron chi connectivity index (χ1n) is 13.0. The second-order valence-corrected chi connectivity index (χ2v) is 10.2. The van der Waals surface area contributed by atoms with Gasteiger partial charge in [-0.2, -0.15) is 5.10 Å². The van der Waals surface area contributed by atoms with E-state index in [4.69, 9.17) is 5.41 Å². The number of fused-ring (bicyclic) bond motifs is 1. The molecule has 186 valence electrons. The molecule has 6 heteroatoms. The molecule has 6 nitrogen and oxygen atoms in total. The first-order chi connectivity index (χ1) is 16.8. The minimum absolute atomic E-state index is 0.164. The lowest BCUT2D eigenvalue weighted by atomic mass is 9.87. The van der Waals surface area contributed by atoms with Crippen LogP contribution in [0.4, 0.5) is 0 Å². The van der Waals surface area contributed by atoms with E-state index < -0.39 is 0 Å². The maximum atomic E-state index is 12.8. The highest BCUT2D eigenvalue weighted by Gasteiger charge is 2.28. The van der Waals surface area contributed by atoms with Crippen molar-refractivity contribution in [1.82, 2.24) is 14.6 Å². The number of hydrogen-bond donors (Lipinski definition) is 2. The molecule has 0 bridgehead atoms. The van der Waals surface area contributed by atoms with Crippen molar-refractivity contribution in [3.8, 4) is 11.3 Å². The number of H-pyrrole nitrogens is 1. The normalized spacial score (nSPS) is 14.9. The number of nitrogens with one attached hydrogen (secondary N) is 2. The van der Waals surface area contributed by atoms with Crippen LogP contribution in [0.5, 0.6) is 0 Å². The van der Waals surface area contributed by atoms with Gasteiger partial charge in [-0.1, -0.05) is 33.8 Å². The molecule has 3 heterocycles. The van der Waals surface area contributed by atoms with Crippen molar-refractivity contribution in [3.63, 3.8) is 0 Å². The standard InChI is InChI=1S/C29H39N5O/c1-7-20(8-2)29(35)33-13-11-21(12-14-33)22-9-10-25-24(16-22)26(18(3)4)27(32-25)23-15-19(5)28(30)34(17-23)31-6/h9-10,15-18,20-21,30,32H,6-8,11-14H2,1-5H3. The molecule has 1 aromatic carbocycles. The molecule has 35 heavy (non-hydrogen) atoms. The van der Waals surface area contributed by atoms with E-state index in [0.717, 1.165) is 61.1 Å². The van der Waals surface area contributed by atoms with Crippen molar-refractivity contribution in [2.45, 2.75) is 72.1 Å². The van der Waals surface area contributed by atoms with Gasteiger partial charge < -0.3 is 9.88 Å². The van der Waals surface area contributed by atoms with Crippen LogP contribution in [0.3, 0.4) is 0 Å². The second kappa shape index (κ2) is 10.2. The summed E-state index contributed by atoms with van der Waals surface area (Å²) in [6, 6.07) is 8.86. The minimum atomic E-state index is 0.164.